The van der Waals surface area contributed by atoms with Crippen molar-refractivity contribution in [2.75, 3.05) is 21.1 Å². The summed E-state index contributed by atoms with van der Waals surface area (Å²) < 4.78 is 1.19. The highest BCUT2D eigenvalue weighted by molar-refractivity contribution is 9.10. The van der Waals surface area contributed by atoms with E-state index < -0.39 is 0 Å². The highest BCUT2D eigenvalue weighted by atomic mass is 79.9. The highest BCUT2D eigenvalue weighted by Gasteiger charge is 2.02. The molecule has 0 heterocycles. The van der Waals surface area contributed by atoms with E-state index >= 15 is 0 Å². The summed E-state index contributed by atoms with van der Waals surface area (Å²) in [6, 6.07) is 6.52. The van der Waals surface area contributed by atoms with Crippen LogP contribution in [0.4, 0.5) is 0 Å². The number of benzene rings is 1. The molecule has 0 spiro atoms. The molecular formula is C11H17BrN2. The molecule has 1 rings (SSSR count). The van der Waals surface area contributed by atoms with Gasteiger partial charge in [-0.2, -0.15) is 0 Å². The largest absolute Gasteiger partial charge is 0.316 e. The molecule has 14 heavy (non-hydrogen) atoms. The second kappa shape index (κ2) is 5.49. The van der Waals surface area contributed by atoms with Crippen molar-refractivity contribution < 1.29 is 0 Å². The molecule has 0 saturated carbocycles. The standard InChI is InChI=1S/C11H17BrN2/c1-13-7-9-4-5-10(8-14(2)3)11(12)6-9/h4-6,13H,7-8H2,1-3H3. The van der Waals surface area contributed by atoms with Gasteiger partial charge in [0.1, 0.15) is 0 Å². The molecule has 0 atom stereocenters. The van der Waals surface area contributed by atoms with Gasteiger partial charge in [0.05, 0.1) is 0 Å². The van der Waals surface area contributed by atoms with Crippen molar-refractivity contribution in [2.24, 2.45) is 0 Å². The zero-order valence-corrected chi connectivity index (χ0v) is 10.6. The van der Waals surface area contributed by atoms with Gasteiger partial charge >= 0.3 is 0 Å². The van der Waals surface area contributed by atoms with Crippen molar-refractivity contribution in [1.29, 1.82) is 0 Å². The van der Waals surface area contributed by atoms with Crippen molar-refractivity contribution in [3.8, 4) is 0 Å². The molecule has 78 valence electrons. The van der Waals surface area contributed by atoms with E-state index in [4.69, 9.17) is 0 Å². The lowest BCUT2D eigenvalue weighted by Crippen LogP contribution is -2.11. The van der Waals surface area contributed by atoms with Crippen LogP contribution in [0.5, 0.6) is 0 Å². The van der Waals surface area contributed by atoms with Crippen molar-refractivity contribution in [1.82, 2.24) is 10.2 Å². The number of nitrogens with zero attached hydrogens (tertiary/aromatic N) is 1. The first-order valence-corrected chi connectivity index (χ1v) is 5.49. The Balaban J connectivity index is 2.79. The summed E-state index contributed by atoms with van der Waals surface area (Å²) in [7, 11) is 6.11. The lowest BCUT2D eigenvalue weighted by Gasteiger charge is -2.12. The Labute approximate surface area is 94.4 Å². The maximum atomic E-state index is 3.59. The average Bonchev–Trinajstić information content (AvgIpc) is 2.10. The summed E-state index contributed by atoms with van der Waals surface area (Å²) in [4.78, 5) is 2.16. The lowest BCUT2D eigenvalue weighted by atomic mass is 10.1. The summed E-state index contributed by atoms with van der Waals surface area (Å²) in [5.74, 6) is 0. The molecule has 2 nitrogen and oxygen atoms in total. The third-order valence-electron chi connectivity index (χ3n) is 1.98. The zero-order valence-electron chi connectivity index (χ0n) is 8.97. The van der Waals surface area contributed by atoms with Crippen molar-refractivity contribution in [3.63, 3.8) is 0 Å². The van der Waals surface area contributed by atoms with Crippen LogP contribution in [0.3, 0.4) is 0 Å². The van der Waals surface area contributed by atoms with Crippen LogP contribution in [0.1, 0.15) is 11.1 Å². The molecule has 0 radical (unpaired) electrons. The smallest absolute Gasteiger partial charge is 0.0238 e. The minimum Gasteiger partial charge on any atom is -0.316 e. The van der Waals surface area contributed by atoms with Gasteiger partial charge in [0, 0.05) is 17.6 Å². The Bertz CT molecular complexity index is 297. The first-order valence-electron chi connectivity index (χ1n) is 4.70. The Morgan fingerprint density at radius 2 is 2.07 bits per heavy atom. The van der Waals surface area contributed by atoms with E-state index in [1.165, 1.54) is 15.6 Å². The molecule has 0 amide bonds. The Morgan fingerprint density at radius 3 is 2.57 bits per heavy atom. The maximum absolute atomic E-state index is 3.59. The average molecular weight is 257 g/mol. The van der Waals surface area contributed by atoms with Gasteiger partial charge in [-0.15, -0.1) is 0 Å². The zero-order chi connectivity index (χ0) is 10.6. The topological polar surface area (TPSA) is 15.3 Å². The van der Waals surface area contributed by atoms with E-state index in [2.05, 4.69) is 58.4 Å². The van der Waals surface area contributed by atoms with Crippen LogP contribution in [0.25, 0.3) is 0 Å². The van der Waals surface area contributed by atoms with Crippen molar-refractivity contribution in [3.05, 3.63) is 33.8 Å². The quantitative estimate of drug-likeness (QED) is 0.889. The normalized spacial score (nSPS) is 10.9. The van der Waals surface area contributed by atoms with Crippen LogP contribution >= 0.6 is 15.9 Å². The predicted octanol–water partition coefficient (Wildman–Crippen LogP) is 2.23. The van der Waals surface area contributed by atoms with Gasteiger partial charge in [-0.25, -0.2) is 0 Å². The Hall–Kier alpha value is -0.380. The van der Waals surface area contributed by atoms with Gasteiger partial charge in [-0.3, -0.25) is 0 Å². The molecule has 1 aromatic rings. The van der Waals surface area contributed by atoms with Crippen LogP contribution < -0.4 is 5.32 Å². The lowest BCUT2D eigenvalue weighted by molar-refractivity contribution is 0.401. The highest BCUT2D eigenvalue weighted by Crippen LogP contribution is 2.19. The number of rotatable bonds is 4. The van der Waals surface area contributed by atoms with E-state index in [0.29, 0.717) is 0 Å². The fourth-order valence-electron chi connectivity index (χ4n) is 1.37. The SMILES string of the molecule is CNCc1ccc(CN(C)C)c(Br)c1. The van der Waals surface area contributed by atoms with E-state index in [1.54, 1.807) is 0 Å². The second-order valence-electron chi connectivity index (χ2n) is 3.69. The van der Waals surface area contributed by atoms with Gasteiger partial charge in [-0.05, 0) is 38.3 Å². The van der Waals surface area contributed by atoms with Gasteiger partial charge in [0.2, 0.25) is 0 Å². The number of halogens is 1. The molecule has 1 N–H and O–H groups in total. The molecule has 0 bridgehead atoms. The van der Waals surface area contributed by atoms with Gasteiger partial charge < -0.3 is 10.2 Å². The molecule has 0 fully saturated rings. The summed E-state index contributed by atoms with van der Waals surface area (Å²) in [5, 5.41) is 3.14. The van der Waals surface area contributed by atoms with E-state index in [0.717, 1.165) is 13.1 Å². The molecular weight excluding hydrogens is 240 g/mol. The predicted molar refractivity (Wildman–Crippen MR) is 64.3 cm³/mol. The fourth-order valence-corrected chi connectivity index (χ4v) is 1.93. The van der Waals surface area contributed by atoms with Crippen molar-refractivity contribution in [2.45, 2.75) is 13.1 Å². The molecule has 0 aromatic heterocycles. The van der Waals surface area contributed by atoms with Crippen LogP contribution in [0, 0.1) is 0 Å². The van der Waals surface area contributed by atoms with Crippen LogP contribution in [0.15, 0.2) is 22.7 Å². The Kier molecular flexibility index (Phi) is 4.58. The van der Waals surface area contributed by atoms with Crippen LogP contribution in [-0.2, 0) is 13.1 Å². The first kappa shape index (κ1) is 11.7. The van der Waals surface area contributed by atoms with Crippen LogP contribution in [-0.4, -0.2) is 26.0 Å². The molecule has 0 saturated heterocycles. The summed E-state index contributed by atoms with van der Waals surface area (Å²) in [5.41, 5.74) is 2.64. The third kappa shape index (κ3) is 3.40. The molecule has 0 unspecified atom stereocenters. The molecule has 0 aliphatic heterocycles. The molecule has 0 aliphatic rings. The molecule has 0 aliphatic carbocycles. The maximum Gasteiger partial charge on any atom is 0.0238 e. The van der Waals surface area contributed by atoms with E-state index in [9.17, 15) is 0 Å². The summed E-state index contributed by atoms with van der Waals surface area (Å²) in [6.07, 6.45) is 0. The monoisotopic (exact) mass is 256 g/mol. The van der Waals surface area contributed by atoms with E-state index in [-0.39, 0.29) is 0 Å². The summed E-state index contributed by atoms with van der Waals surface area (Å²) >= 11 is 3.59. The van der Waals surface area contributed by atoms with Crippen molar-refractivity contribution >= 4 is 15.9 Å². The van der Waals surface area contributed by atoms with Gasteiger partial charge in [-0.1, -0.05) is 28.1 Å². The minimum absolute atomic E-state index is 0.918. The fraction of sp³-hybridized carbons (Fsp3) is 0.455. The number of hydrogen-bond donors (Lipinski definition) is 1. The number of hydrogen-bond acceptors (Lipinski definition) is 2. The number of nitrogens with one attached hydrogen (secondary N) is 1. The Morgan fingerprint density at radius 1 is 1.36 bits per heavy atom. The molecule has 1 aromatic carbocycles. The third-order valence-corrected chi connectivity index (χ3v) is 2.72. The van der Waals surface area contributed by atoms with Gasteiger partial charge in [0.25, 0.3) is 0 Å². The van der Waals surface area contributed by atoms with Gasteiger partial charge in [0.15, 0.2) is 0 Å². The van der Waals surface area contributed by atoms with E-state index in [1.807, 2.05) is 7.05 Å². The first-order chi connectivity index (χ1) is 6.63. The second-order valence-corrected chi connectivity index (χ2v) is 4.55. The minimum atomic E-state index is 0.918. The van der Waals surface area contributed by atoms with Crippen LogP contribution in [0.2, 0.25) is 0 Å². The summed E-state index contributed by atoms with van der Waals surface area (Å²) in [6.45, 7) is 1.89. The molecule has 3 heteroatoms.